The first-order valence-corrected chi connectivity index (χ1v) is 6.58. The summed E-state index contributed by atoms with van der Waals surface area (Å²) in [5.41, 5.74) is 5.39. The molecule has 0 aliphatic carbocycles. The van der Waals surface area contributed by atoms with Crippen LogP contribution in [-0.4, -0.2) is 25.0 Å². The molecule has 0 amide bonds. The van der Waals surface area contributed by atoms with E-state index in [-0.39, 0.29) is 16.9 Å². The third kappa shape index (κ3) is 4.16. The SMILES string of the molecule is CS(=O)(=O)CCCn1ccc(=O)c(N)c1. The van der Waals surface area contributed by atoms with Gasteiger partial charge >= 0.3 is 0 Å². The Kier molecular flexibility index (Phi) is 3.52. The standard InChI is InChI=1S/C9H14N2O3S/c1-15(13,14)6-2-4-11-5-3-9(12)8(10)7-11/h3,5,7H,2,4,6,10H2,1H3. The maximum atomic E-state index is 11.0. The number of nitrogen functional groups attached to an aromatic ring is 1. The number of pyridine rings is 1. The summed E-state index contributed by atoms with van der Waals surface area (Å²) in [6.07, 6.45) is 4.83. The predicted octanol–water partition coefficient (Wildman–Crippen LogP) is -0.135. The summed E-state index contributed by atoms with van der Waals surface area (Å²) >= 11 is 0. The maximum Gasteiger partial charge on any atom is 0.204 e. The minimum Gasteiger partial charge on any atom is -0.394 e. The minimum atomic E-state index is -2.92. The lowest BCUT2D eigenvalue weighted by Crippen LogP contribution is -2.12. The number of hydrogen-bond acceptors (Lipinski definition) is 4. The van der Waals surface area contributed by atoms with Crippen molar-refractivity contribution in [3.05, 3.63) is 28.7 Å². The van der Waals surface area contributed by atoms with Crippen molar-refractivity contribution in [3.8, 4) is 0 Å². The van der Waals surface area contributed by atoms with Gasteiger partial charge in [-0.05, 0) is 6.42 Å². The molecule has 5 nitrogen and oxygen atoms in total. The van der Waals surface area contributed by atoms with Crippen molar-refractivity contribution in [2.75, 3.05) is 17.7 Å². The van der Waals surface area contributed by atoms with Gasteiger partial charge in [-0.3, -0.25) is 4.79 Å². The molecule has 0 spiro atoms. The Morgan fingerprint density at radius 2 is 2.13 bits per heavy atom. The number of nitrogens with two attached hydrogens (primary N) is 1. The van der Waals surface area contributed by atoms with Crippen molar-refractivity contribution in [3.63, 3.8) is 0 Å². The molecule has 1 heterocycles. The Bertz CT molecular complexity index is 490. The molecule has 0 radical (unpaired) electrons. The molecule has 0 atom stereocenters. The fraction of sp³-hybridized carbons (Fsp3) is 0.444. The molecule has 0 aliphatic heterocycles. The average molecular weight is 230 g/mol. The summed E-state index contributed by atoms with van der Waals surface area (Å²) in [4.78, 5) is 11.0. The monoisotopic (exact) mass is 230 g/mol. The predicted molar refractivity (Wildman–Crippen MR) is 59.4 cm³/mol. The summed E-state index contributed by atoms with van der Waals surface area (Å²) in [5, 5.41) is 0. The normalized spacial score (nSPS) is 11.5. The summed E-state index contributed by atoms with van der Waals surface area (Å²) < 4.78 is 23.4. The van der Waals surface area contributed by atoms with Crippen LogP contribution in [0.1, 0.15) is 6.42 Å². The highest BCUT2D eigenvalue weighted by Gasteiger charge is 2.01. The zero-order valence-electron chi connectivity index (χ0n) is 8.51. The second kappa shape index (κ2) is 4.48. The van der Waals surface area contributed by atoms with Gasteiger partial charge in [0.2, 0.25) is 5.43 Å². The molecule has 0 saturated carbocycles. The molecule has 0 aromatic carbocycles. The number of aryl methyl sites for hydroxylation is 1. The highest BCUT2D eigenvalue weighted by Crippen LogP contribution is 1.97. The average Bonchev–Trinajstić information content (AvgIpc) is 2.09. The smallest absolute Gasteiger partial charge is 0.204 e. The van der Waals surface area contributed by atoms with Crippen LogP contribution in [-0.2, 0) is 16.4 Å². The van der Waals surface area contributed by atoms with Gasteiger partial charge in [0.05, 0.1) is 11.4 Å². The highest BCUT2D eigenvalue weighted by molar-refractivity contribution is 7.90. The number of sulfone groups is 1. The summed E-state index contributed by atoms with van der Waals surface area (Å²) in [5.74, 6) is 0.138. The van der Waals surface area contributed by atoms with Crippen molar-refractivity contribution in [1.29, 1.82) is 0 Å². The third-order valence-corrected chi connectivity index (χ3v) is 2.97. The van der Waals surface area contributed by atoms with Gasteiger partial charge in [-0.25, -0.2) is 8.42 Å². The van der Waals surface area contributed by atoms with Gasteiger partial charge < -0.3 is 10.3 Å². The number of aromatic nitrogens is 1. The fourth-order valence-corrected chi connectivity index (χ4v) is 1.85. The molecule has 0 aliphatic rings. The van der Waals surface area contributed by atoms with E-state index in [2.05, 4.69) is 0 Å². The van der Waals surface area contributed by atoms with Crippen molar-refractivity contribution in [2.45, 2.75) is 13.0 Å². The molecule has 0 saturated heterocycles. The zero-order valence-corrected chi connectivity index (χ0v) is 9.33. The molecule has 6 heteroatoms. The van der Waals surface area contributed by atoms with Crippen LogP contribution in [0.4, 0.5) is 5.69 Å². The van der Waals surface area contributed by atoms with E-state index >= 15 is 0 Å². The highest BCUT2D eigenvalue weighted by atomic mass is 32.2. The molecule has 2 N–H and O–H groups in total. The van der Waals surface area contributed by atoms with Crippen LogP contribution in [0.15, 0.2) is 23.3 Å². The molecule has 84 valence electrons. The first kappa shape index (κ1) is 11.8. The van der Waals surface area contributed by atoms with Gasteiger partial charge in [-0.1, -0.05) is 0 Å². The Balaban J connectivity index is 2.59. The van der Waals surface area contributed by atoms with Crippen LogP contribution >= 0.6 is 0 Å². The lowest BCUT2D eigenvalue weighted by atomic mass is 10.4. The second-order valence-electron chi connectivity index (χ2n) is 3.49. The second-order valence-corrected chi connectivity index (χ2v) is 5.75. The number of rotatable bonds is 4. The van der Waals surface area contributed by atoms with Gasteiger partial charge in [0.1, 0.15) is 9.84 Å². The molecule has 0 bridgehead atoms. The van der Waals surface area contributed by atoms with Crippen molar-refractivity contribution >= 4 is 15.5 Å². The summed E-state index contributed by atoms with van der Waals surface area (Å²) in [6.45, 7) is 0.539. The first-order valence-electron chi connectivity index (χ1n) is 4.52. The molecular weight excluding hydrogens is 216 g/mol. The van der Waals surface area contributed by atoms with E-state index in [1.54, 1.807) is 10.8 Å². The van der Waals surface area contributed by atoms with E-state index in [4.69, 9.17) is 5.73 Å². The number of anilines is 1. The lowest BCUT2D eigenvalue weighted by Gasteiger charge is -2.05. The lowest BCUT2D eigenvalue weighted by molar-refractivity contribution is 0.591. The first-order chi connectivity index (χ1) is 6.88. The van der Waals surface area contributed by atoms with Crippen molar-refractivity contribution < 1.29 is 8.42 Å². The van der Waals surface area contributed by atoms with Crippen LogP contribution in [0.5, 0.6) is 0 Å². The van der Waals surface area contributed by atoms with Crippen LogP contribution < -0.4 is 11.2 Å². The minimum absolute atomic E-state index is 0.138. The van der Waals surface area contributed by atoms with Crippen molar-refractivity contribution in [1.82, 2.24) is 4.57 Å². The topological polar surface area (TPSA) is 82.2 Å². The van der Waals surface area contributed by atoms with E-state index in [0.29, 0.717) is 13.0 Å². The molecule has 0 fully saturated rings. The Labute approximate surface area is 88.4 Å². The van der Waals surface area contributed by atoms with E-state index in [1.807, 2.05) is 0 Å². The Morgan fingerprint density at radius 1 is 1.47 bits per heavy atom. The Morgan fingerprint density at radius 3 is 2.67 bits per heavy atom. The van der Waals surface area contributed by atoms with Crippen LogP contribution in [0.2, 0.25) is 0 Å². The van der Waals surface area contributed by atoms with Crippen LogP contribution in [0, 0.1) is 0 Å². The van der Waals surface area contributed by atoms with Crippen LogP contribution in [0.25, 0.3) is 0 Å². The zero-order chi connectivity index (χ0) is 11.5. The number of nitrogens with zero attached hydrogens (tertiary/aromatic N) is 1. The Hall–Kier alpha value is -1.30. The number of hydrogen-bond donors (Lipinski definition) is 1. The molecule has 1 aromatic heterocycles. The van der Waals surface area contributed by atoms with E-state index in [1.165, 1.54) is 18.5 Å². The largest absolute Gasteiger partial charge is 0.394 e. The third-order valence-electron chi connectivity index (χ3n) is 1.94. The van der Waals surface area contributed by atoms with Crippen molar-refractivity contribution in [2.24, 2.45) is 0 Å². The van der Waals surface area contributed by atoms with Gasteiger partial charge in [0.25, 0.3) is 0 Å². The van der Waals surface area contributed by atoms with Gasteiger partial charge in [0.15, 0.2) is 0 Å². The van der Waals surface area contributed by atoms with E-state index < -0.39 is 9.84 Å². The van der Waals surface area contributed by atoms with Gasteiger partial charge in [-0.2, -0.15) is 0 Å². The fourth-order valence-electron chi connectivity index (χ4n) is 1.19. The summed E-state index contributed by atoms with van der Waals surface area (Å²) in [7, 11) is -2.92. The molecule has 1 rings (SSSR count). The summed E-state index contributed by atoms with van der Waals surface area (Å²) in [6, 6.07) is 1.37. The molecule has 15 heavy (non-hydrogen) atoms. The quantitative estimate of drug-likeness (QED) is 0.780. The molecular formula is C9H14N2O3S. The van der Waals surface area contributed by atoms with Crippen LogP contribution in [0.3, 0.4) is 0 Å². The molecule has 1 aromatic rings. The van der Waals surface area contributed by atoms with E-state index in [9.17, 15) is 13.2 Å². The van der Waals surface area contributed by atoms with Gasteiger partial charge in [0, 0.05) is 31.3 Å². The molecule has 0 unspecified atom stereocenters. The van der Waals surface area contributed by atoms with Gasteiger partial charge in [-0.15, -0.1) is 0 Å². The maximum absolute atomic E-state index is 11.0. The van der Waals surface area contributed by atoms with E-state index in [0.717, 1.165) is 0 Å².